The fraction of sp³-hybridized carbons (Fsp3) is 0.273. The van der Waals surface area contributed by atoms with Crippen LogP contribution >= 0.6 is 31.9 Å². The Kier molecular flexibility index (Phi) is 3.17. The second kappa shape index (κ2) is 4.30. The molecule has 84 valence electrons. The molecule has 1 amide bonds. The molecule has 0 atom stereocenters. The number of benzene rings is 1. The van der Waals surface area contributed by atoms with Crippen molar-refractivity contribution in [2.45, 2.75) is 13.3 Å². The van der Waals surface area contributed by atoms with Gasteiger partial charge in [-0.2, -0.15) is 0 Å². The Bertz CT molecular complexity index is 485. The van der Waals surface area contributed by atoms with E-state index in [1.165, 1.54) is 4.90 Å². The van der Waals surface area contributed by atoms with Gasteiger partial charge in [0, 0.05) is 15.5 Å². The van der Waals surface area contributed by atoms with Crippen LogP contribution in [0.4, 0.5) is 5.69 Å². The number of hydrogen-bond donors (Lipinski definition) is 0. The molecule has 0 unspecified atom stereocenters. The normalized spacial score (nSPS) is 14.6. The fourth-order valence-electron chi connectivity index (χ4n) is 1.79. The average Bonchev–Trinajstić information content (AvgIpc) is 2.44. The largest absolute Gasteiger partial charge is 0.304 e. The summed E-state index contributed by atoms with van der Waals surface area (Å²) < 4.78 is 1.56. The minimum Gasteiger partial charge on any atom is -0.304 e. The molecule has 5 heteroatoms. The highest BCUT2D eigenvalue weighted by atomic mass is 79.9. The predicted molar refractivity (Wildman–Crippen MR) is 68.8 cm³/mol. The van der Waals surface area contributed by atoms with Crippen LogP contribution in [0.3, 0.4) is 0 Å². The van der Waals surface area contributed by atoms with Crippen molar-refractivity contribution in [1.29, 1.82) is 0 Å². The van der Waals surface area contributed by atoms with E-state index < -0.39 is 11.7 Å². The number of rotatable bonds is 2. The van der Waals surface area contributed by atoms with E-state index in [0.717, 1.165) is 15.4 Å². The Balaban J connectivity index is 2.60. The van der Waals surface area contributed by atoms with Crippen LogP contribution in [0, 0.1) is 0 Å². The number of anilines is 1. The summed E-state index contributed by atoms with van der Waals surface area (Å²) in [5, 5.41) is 0. The zero-order valence-corrected chi connectivity index (χ0v) is 11.8. The van der Waals surface area contributed by atoms with Crippen LogP contribution in [0.1, 0.15) is 23.7 Å². The van der Waals surface area contributed by atoms with Crippen LogP contribution < -0.4 is 4.90 Å². The van der Waals surface area contributed by atoms with Crippen molar-refractivity contribution in [3.05, 3.63) is 26.6 Å². The molecule has 1 aromatic carbocycles. The van der Waals surface area contributed by atoms with E-state index in [4.69, 9.17) is 0 Å². The molecule has 0 spiro atoms. The van der Waals surface area contributed by atoms with Gasteiger partial charge >= 0.3 is 0 Å². The van der Waals surface area contributed by atoms with Gasteiger partial charge in [0.15, 0.2) is 0 Å². The van der Waals surface area contributed by atoms with Gasteiger partial charge in [0.05, 0.1) is 11.3 Å². The molecule has 1 heterocycles. The van der Waals surface area contributed by atoms with Crippen molar-refractivity contribution in [2.24, 2.45) is 0 Å². The van der Waals surface area contributed by atoms with Crippen molar-refractivity contribution >= 4 is 49.2 Å². The first-order valence-corrected chi connectivity index (χ1v) is 6.50. The highest BCUT2D eigenvalue weighted by molar-refractivity contribution is 9.11. The van der Waals surface area contributed by atoms with Gasteiger partial charge < -0.3 is 4.90 Å². The van der Waals surface area contributed by atoms with Gasteiger partial charge in [-0.05, 0) is 34.5 Å². The Labute approximate surface area is 110 Å². The lowest BCUT2D eigenvalue weighted by molar-refractivity contribution is -0.114. The number of carbonyl (C=O) groups excluding carboxylic acids is 2. The molecule has 0 aromatic heterocycles. The lowest BCUT2D eigenvalue weighted by atomic mass is 10.1. The molecule has 3 nitrogen and oxygen atoms in total. The van der Waals surface area contributed by atoms with E-state index in [-0.39, 0.29) is 0 Å². The molecule has 1 aromatic rings. The molecule has 0 saturated carbocycles. The van der Waals surface area contributed by atoms with Gasteiger partial charge in [-0.25, -0.2) is 0 Å². The molecular formula is C11H9Br2NO2. The summed E-state index contributed by atoms with van der Waals surface area (Å²) in [6.07, 6.45) is 0.820. The summed E-state index contributed by atoms with van der Waals surface area (Å²) in [6, 6.07) is 3.53. The zero-order valence-electron chi connectivity index (χ0n) is 8.59. The summed E-state index contributed by atoms with van der Waals surface area (Å²) in [4.78, 5) is 25.0. The number of carbonyl (C=O) groups is 2. The summed E-state index contributed by atoms with van der Waals surface area (Å²) in [5.74, 6) is -0.860. The standard InChI is InChI=1S/C11H9Br2NO2/c1-2-3-14-9-7(10(15)11(14)16)4-6(12)5-8(9)13/h4-5H,2-3H2,1H3. The summed E-state index contributed by atoms with van der Waals surface area (Å²) in [6.45, 7) is 2.54. The van der Waals surface area contributed by atoms with E-state index in [1.807, 2.05) is 13.0 Å². The number of hydrogen-bond acceptors (Lipinski definition) is 2. The molecule has 2 rings (SSSR count). The molecule has 0 bridgehead atoms. The van der Waals surface area contributed by atoms with Crippen LogP contribution in [-0.2, 0) is 4.79 Å². The number of nitrogens with zero attached hydrogens (tertiary/aromatic N) is 1. The highest BCUT2D eigenvalue weighted by Crippen LogP contribution is 2.38. The van der Waals surface area contributed by atoms with Gasteiger partial charge in [-0.15, -0.1) is 0 Å². The Morgan fingerprint density at radius 2 is 1.94 bits per heavy atom. The number of fused-ring (bicyclic) bond motifs is 1. The quantitative estimate of drug-likeness (QED) is 0.771. The molecule has 0 saturated heterocycles. The lowest BCUT2D eigenvalue weighted by Crippen LogP contribution is -2.30. The molecule has 0 fully saturated rings. The molecule has 16 heavy (non-hydrogen) atoms. The van der Waals surface area contributed by atoms with Crippen LogP contribution in [0.25, 0.3) is 0 Å². The second-order valence-electron chi connectivity index (χ2n) is 3.57. The minimum atomic E-state index is -0.435. The number of ketones is 1. The van der Waals surface area contributed by atoms with Gasteiger partial charge in [-0.1, -0.05) is 22.9 Å². The van der Waals surface area contributed by atoms with E-state index in [9.17, 15) is 9.59 Å². The monoisotopic (exact) mass is 345 g/mol. The molecule has 0 radical (unpaired) electrons. The molecule has 0 N–H and O–H groups in total. The molecule has 1 aliphatic rings. The lowest BCUT2D eigenvalue weighted by Gasteiger charge is -2.16. The topological polar surface area (TPSA) is 37.4 Å². The minimum absolute atomic E-state index is 0.426. The maximum atomic E-state index is 11.8. The van der Waals surface area contributed by atoms with Crippen molar-refractivity contribution in [2.75, 3.05) is 11.4 Å². The van der Waals surface area contributed by atoms with Crippen LogP contribution in [-0.4, -0.2) is 18.2 Å². The average molecular weight is 347 g/mol. The first kappa shape index (κ1) is 11.8. The van der Waals surface area contributed by atoms with Crippen molar-refractivity contribution in [1.82, 2.24) is 0 Å². The smallest absolute Gasteiger partial charge is 0.299 e. The summed E-state index contributed by atoms with van der Waals surface area (Å²) >= 11 is 6.70. The Morgan fingerprint density at radius 1 is 1.25 bits per heavy atom. The van der Waals surface area contributed by atoms with Crippen LogP contribution in [0.15, 0.2) is 21.1 Å². The Morgan fingerprint density at radius 3 is 2.56 bits per heavy atom. The number of amides is 1. The van der Waals surface area contributed by atoms with Gasteiger partial charge in [0.25, 0.3) is 11.7 Å². The summed E-state index contributed by atoms with van der Waals surface area (Å²) in [7, 11) is 0. The fourth-order valence-corrected chi connectivity index (χ4v) is 3.23. The van der Waals surface area contributed by atoms with Gasteiger partial charge in [0.2, 0.25) is 0 Å². The maximum absolute atomic E-state index is 11.8. The third-order valence-corrected chi connectivity index (χ3v) is 3.49. The van der Waals surface area contributed by atoms with Gasteiger partial charge in [0.1, 0.15) is 0 Å². The van der Waals surface area contributed by atoms with Gasteiger partial charge in [-0.3, -0.25) is 9.59 Å². The van der Waals surface area contributed by atoms with Crippen molar-refractivity contribution < 1.29 is 9.59 Å². The molecular weight excluding hydrogens is 338 g/mol. The number of Topliss-reactive ketones (excluding diaryl/α,β-unsaturated/α-hetero) is 1. The van der Waals surface area contributed by atoms with E-state index in [0.29, 0.717) is 17.8 Å². The van der Waals surface area contributed by atoms with Crippen LogP contribution in [0.5, 0.6) is 0 Å². The third kappa shape index (κ3) is 1.72. The van der Waals surface area contributed by atoms with Crippen molar-refractivity contribution in [3.8, 4) is 0 Å². The van der Waals surface area contributed by atoms with E-state index in [1.54, 1.807) is 6.07 Å². The van der Waals surface area contributed by atoms with Crippen molar-refractivity contribution in [3.63, 3.8) is 0 Å². The van der Waals surface area contributed by atoms with E-state index >= 15 is 0 Å². The molecule has 1 aliphatic heterocycles. The zero-order chi connectivity index (χ0) is 11.9. The first-order valence-electron chi connectivity index (χ1n) is 4.91. The second-order valence-corrected chi connectivity index (χ2v) is 5.34. The highest BCUT2D eigenvalue weighted by Gasteiger charge is 2.36. The summed E-state index contributed by atoms with van der Waals surface area (Å²) in [5.41, 5.74) is 1.17. The SMILES string of the molecule is CCCN1C(=O)C(=O)c2cc(Br)cc(Br)c21. The molecule has 0 aliphatic carbocycles. The predicted octanol–water partition coefficient (Wildman–Crippen LogP) is 3.15. The first-order chi connectivity index (χ1) is 7.56. The Hall–Kier alpha value is -0.680. The van der Waals surface area contributed by atoms with E-state index in [2.05, 4.69) is 31.9 Å². The van der Waals surface area contributed by atoms with Crippen LogP contribution in [0.2, 0.25) is 0 Å². The third-order valence-electron chi connectivity index (χ3n) is 2.43. The number of halogens is 2. The maximum Gasteiger partial charge on any atom is 0.299 e.